The molecule has 0 spiro atoms. The first kappa shape index (κ1) is 19.4. The minimum Gasteiger partial charge on any atom is -0.495 e. The van der Waals surface area contributed by atoms with E-state index in [1.165, 1.54) is 25.7 Å². The summed E-state index contributed by atoms with van der Waals surface area (Å²) in [6, 6.07) is 3.71. The van der Waals surface area contributed by atoms with Crippen LogP contribution in [-0.2, 0) is 14.8 Å². The second-order valence-electron chi connectivity index (χ2n) is 7.23. The fourth-order valence-corrected chi connectivity index (χ4v) is 5.02. The summed E-state index contributed by atoms with van der Waals surface area (Å²) in [6.07, 6.45) is 5.27. The number of carbonyl (C=O) groups is 1. The Balaban J connectivity index is 1.83. The van der Waals surface area contributed by atoms with Gasteiger partial charge < -0.3 is 10.1 Å². The molecule has 0 unspecified atom stereocenters. The van der Waals surface area contributed by atoms with E-state index in [0.29, 0.717) is 11.8 Å². The third kappa shape index (κ3) is 4.15. The van der Waals surface area contributed by atoms with E-state index in [4.69, 9.17) is 4.74 Å². The number of nitrogens with one attached hydrogen (secondary N) is 1. The lowest BCUT2D eigenvalue weighted by atomic mass is 9.95. The van der Waals surface area contributed by atoms with Crippen molar-refractivity contribution in [1.82, 2.24) is 5.32 Å². The molecule has 1 aromatic rings. The second kappa shape index (κ2) is 7.34. The van der Waals surface area contributed by atoms with E-state index in [2.05, 4.69) is 5.32 Å². The van der Waals surface area contributed by atoms with E-state index >= 15 is 0 Å². The Kier molecular flexibility index (Phi) is 5.27. The summed E-state index contributed by atoms with van der Waals surface area (Å²) < 4.78 is 30.6. The Labute approximate surface area is 157 Å². The number of ether oxygens (including phenoxy) is 1. The van der Waals surface area contributed by atoms with Gasteiger partial charge in [-0.15, -0.1) is 0 Å². The first-order valence-corrected chi connectivity index (χ1v) is 10.6. The number of rotatable bonds is 7. The molecule has 2 aliphatic carbocycles. The molecule has 3 atom stereocenters. The van der Waals surface area contributed by atoms with Crippen molar-refractivity contribution in [3.63, 3.8) is 0 Å². The fraction of sp³-hybridized carbons (Fsp3) is 0.588. The van der Waals surface area contributed by atoms with Gasteiger partial charge >= 0.3 is 0 Å². The van der Waals surface area contributed by atoms with Crippen molar-refractivity contribution in [2.75, 3.05) is 24.2 Å². The number of non-ortho nitro benzene ring substituents is 1. The molecule has 9 nitrogen and oxygen atoms in total. The number of sulfonamides is 1. The SMILES string of the molecule is COc1ccc([N+](=O)[O-])cc1N(CC(=O)N[C@H]1C[C@H]2CC[C@H]1C2)S(C)(=O)=O. The summed E-state index contributed by atoms with van der Waals surface area (Å²) in [4.78, 5) is 23.0. The number of anilines is 1. The third-order valence-corrected chi connectivity index (χ3v) is 6.54. The van der Waals surface area contributed by atoms with Crippen LogP contribution in [0.4, 0.5) is 11.4 Å². The lowest BCUT2D eigenvalue weighted by Crippen LogP contribution is -2.45. The van der Waals surface area contributed by atoms with E-state index in [0.717, 1.165) is 35.9 Å². The highest BCUT2D eigenvalue weighted by Gasteiger charge is 2.40. The van der Waals surface area contributed by atoms with Crippen LogP contribution in [0.15, 0.2) is 18.2 Å². The first-order chi connectivity index (χ1) is 12.7. The number of fused-ring (bicyclic) bond motifs is 2. The number of carbonyl (C=O) groups excluding carboxylic acids is 1. The van der Waals surface area contributed by atoms with Crippen molar-refractivity contribution in [1.29, 1.82) is 0 Å². The van der Waals surface area contributed by atoms with Gasteiger partial charge in [-0.3, -0.25) is 19.2 Å². The predicted molar refractivity (Wildman–Crippen MR) is 99.2 cm³/mol. The summed E-state index contributed by atoms with van der Waals surface area (Å²) in [7, 11) is -2.53. The quantitative estimate of drug-likeness (QED) is 0.552. The lowest BCUT2D eigenvalue weighted by Gasteiger charge is -2.27. The molecule has 3 rings (SSSR count). The molecule has 2 saturated carbocycles. The molecule has 0 heterocycles. The van der Waals surface area contributed by atoms with Crippen LogP contribution in [0.5, 0.6) is 5.75 Å². The standard InChI is InChI=1S/C17H23N3O6S/c1-26-16-6-5-13(20(22)23)9-15(16)19(27(2,24)25)10-17(21)18-14-8-11-3-4-12(14)7-11/h5-6,9,11-12,14H,3-4,7-8,10H2,1-2H3,(H,18,21)/t11-,12-,14-/m0/s1. The van der Waals surface area contributed by atoms with Gasteiger partial charge in [0.1, 0.15) is 18.0 Å². The Hall–Kier alpha value is -2.36. The average Bonchev–Trinajstić information content (AvgIpc) is 3.21. The van der Waals surface area contributed by atoms with Crippen molar-refractivity contribution < 1.29 is 22.9 Å². The van der Waals surface area contributed by atoms with E-state index in [1.54, 1.807) is 0 Å². The molecule has 10 heteroatoms. The normalized spacial score (nSPS) is 23.9. The fourth-order valence-electron chi connectivity index (χ4n) is 4.17. The molecule has 2 aliphatic rings. The number of amides is 1. The highest BCUT2D eigenvalue weighted by atomic mass is 32.2. The van der Waals surface area contributed by atoms with Crippen LogP contribution < -0.4 is 14.4 Å². The highest BCUT2D eigenvalue weighted by Crippen LogP contribution is 2.44. The van der Waals surface area contributed by atoms with E-state index in [1.807, 2.05) is 0 Å². The number of hydrogen-bond donors (Lipinski definition) is 1. The topological polar surface area (TPSA) is 119 Å². The van der Waals surface area contributed by atoms with Crippen LogP contribution >= 0.6 is 0 Å². The van der Waals surface area contributed by atoms with Crippen LogP contribution in [0.3, 0.4) is 0 Å². The van der Waals surface area contributed by atoms with Gasteiger partial charge in [0.2, 0.25) is 15.9 Å². The minimum atomic E-state index is -3.86. The largest absolute Gasteiger partial charge is 0.495 e. The second-order valence-corrected chi connectivity index (χ2v) is 9.14. The van der Waals surface area contributed by atoms with E-state index in [9.17, 15) is 23.3 Å². The molecule has 0 aliphatic heterocycles. The molecule has 1 N–H and O–H groups in total. The maximum atomic E-state index is 12.5. The molecule has 148 valence electrons. The smallest absolute Gasteiger partial charge is 0.271 e. The van der Waals surface area contributed by atoms with Crippen LogP contribution in [0.1, 0.15) is 25.7 Å². The molecule has 27 heavy (non-hydrogen) atoms. The average molecular weight is 397 g/mol. The number of nitrogens with zero attached hydrogens (tertiary/aromatic N) is 2. The lowest BCUT2D eigenvalue weighted by molar-refractivity contribution is -0.384. The molecule has 0 aromatic heterocycles. The van der Waals surface area contributed by atoms with Crippen molar-refractivity contribution in [2.24, 2.45) is 11.8 Å². The zero-order valence-electron chi connectivity index (χ0n) is 15.3. The van der Waals surface area contributed by atoms with Crippen molar-refractivity contribution in [3.8, 4) is 5.75 Å². The monoisotopic (exact) mass is 397 g/mol. The molecule has 2 fully saturated rings. The molecule has 0 saturated heterocycles. The molecular formula is C17H23N3O6S. The Morgan fingerprint density at radius 2 is 2.11 bits per heavy atom. The van der Waals surface area contributed by atoms with Crippen molar-refractivity contribution in [3.05, 3.63) is 28.3 Å². The molecule has 2 bridgehead atoms. The highest BCUT2D eigenvalue weighted by molar-refractivity contribution is 7.92. The van der Waals surface area contributed by atoms with Gasteiger partial charge in [-0.25, -0.2) is 8.42 Å². The van der Waals surface area contributed by atoms with Crippen LogP contribution in [-0.4, -0.2) is 45.2 Å². The number of benzene rings is 1. The third-order valence-electron chi connectivity index (χ3n) is 5.41. The zero-order valence-corrected chi connectivity index (χ0v) is 16.1. The molecule has 0 radical (unpaired) electrons. The number of hydrogen-bond acceptors (Lipinski definition) is 6. The van der Waals surface area contributed by atoms with Crippen molar-refractivity contribution >= 4 is 27.3 Å². The molecular weight excluding hydrogens is 374 g/mol. The van der Waals surface area contributed by atoms with Gasteiger partial charge in [-0.2, -0.15) is 0 Å². The number of nitro groups is 1. The summed E-state index contributed by atoms with van der Waals surface area (Å²) >= 11 is 0. The van der Waals surface area contributed by atoms with Gasteiger partial charge in [-0.1, -0.05) is 6.42 Å². The number of nitro benzene ring substituents is 1. The molecule has 1 aromatic carbocycles. The summed E-state index contributed by atoms with van der Waals surface area (Å²) in [5.74, 6) is 0.812. The zero-order chi connectivity index (χ0) is 19.8. The van der Waals surface area contributed by atoms with E-state index < -0.39 is 27.4 Å². The Morgan fingerprint density at radius 3 is 2.63 bits per heavy atom. The number of methoxy groups -OCH3 is 1. The van der Waals surface area contributed by atoms with Crippen LogP contribution in [0.2, 0.25) is 0 Å². The summed E-state index contributed by atoms with van der Waals surface area (Å²) in [5, 5.41) is 14.0. The van der Waals surface area contributed by atoms with Gasteiger partial charge in [0.15, 0.2) is 0 Å². The molecule has 1 amide bonds. The summed E-state index contributed by atoms with van der Waals surface area (Å²) in [6.45, 7) is -0.454. The minimum absolute atomic E-state index is 0.0303. The van der Waals surface area contributed by atoms with Crippen LogP contribution in [0.25, 0.3) is 0 Å². The maximum absolute atomic E-state index is 12.5. The predicted octanol–water partition coefficient (Wildman–Crippen LogP) is 1.67. The van der Waals surface area contributed by atoms with Gasteiger partial charge in [0.25, 0.3) is 5.69 Å². The van der Waals surface area contributed by atoms with E-state index in [-0.39, 0.29) is 23.2 Å². The summed E-state index contributed by atoms with van der Waals surface area (Å²) in [5.41, 5.74) is -0.315. The van der Waals surface area contributed by atoms with Gasteiger partial charge in [-0.05, 0) is 37.2 Å². The Bertz CT molecular complexity index is 856. The van der Waals surface area contributed by atoms with Crippen LogP contribution in [0, 0.1) is 22.0 Å². The first-order valence-electron chi connectivity index (χ1n) is 8.78. The van der Waals surface area contributed by atoms with Gasteiger partial charge in [0, 0.05) is 18.2 Å². The van der Waals surface area contributed by atoms with Gasteiger partial charge in [0.05, 0.1) is 18.3 Å². The maximum Gasteiger partial charge on any atom is 0.271 e. The Morgan fingerprint density at radius 1 is 1.37 bits per heavy atom. The van der Waals surface area contributed by atoms with Crippen molar-refractivity contribution in [2.45, 2.75) is 31.7 Å².